The summed E-state index contributed by atoms with van der Waals surface area (Å²) in [7, 11) is 0. The fourth-order valence-corrected chi connectivity index (χ4v) is 23.4. The zero-order chi connectivity index (χ0) is 23.0. The average Bonchev–Trinajstić information content (AvgIpc) is 3.44. The highest BCUT2D eigenvalue weighted by molar-refractivity contribution is 8.23. The quantitative estimate of drug-likeness (QED) is 0.271. The Morgan fingerprint density at radius 2 is 0.515 bits per heavy atom. The lowest BCUT2D eigenvalue weighted by molar-refractivity contribution is 0.647. The van der Waals surface area contributed by atoms with Crippen LogP contribution in [-0.4, -0.2) is 22.6 Å². The second-order valence-corrected chi connectivity index (χ2v) is 22.3. The van der Waals surface area contributed by atoms with Gasteiger partial charge in [0.1, 0.15) is 0 Å². The van der Waals surface area contributed by atoms with Gasteiger partial charge < -0.3 is 0 Å². The highest BCUT2D eigenvalue weighted by atomic mass is 32.5. The Morgan fingerprint density at radius 1 is 0.333 bits per heavy atom. The summed E-state index contributed by atoms with van der Waals surface area (Å²) in [5, 5.41) is 0. The van der Waals surface area contributed by atoms with E-state index in [0.717, 1.165) is 22.6 Å². The smallest absolute Gasteiger partial charge is 0.0223 e. The highest BCUT2D eigenvalue weighted by Crippen LogP contribution is 2.70. The van der Waals surface area contributed by atoms with Crippen LogP contribution in [0.25, 0.3) is 0 Å². The maximum Gasteiger partial charge on any atom is 0.0223 e. The monoisotopic (exact) mass is 529 g/mol. The minimum absolute atomic E-state index is 0.789. The molecular weight excluding hydrogens is 476 g/mol. The second-order valence-electron chi connectivity index (χ2n) is 12.1. The summed E-state index contributed by atoms with van der Waals surface area (Å²) >= 11 is 14.2. The minimum atomic E-state index is -1.68. The third-order valence-electron chi connectivity index (χ3n) is 9.78. The van der Waals surface area contributed by atoms with Crippen molar-refractivity contribution >= 4 is 36.0 Å². The van der Waals surface area contributed by atoms with Crippen molar-refractivity contribution in [2.24, 2.45) is 0 Å². The van der Waals surface area contributed by atoms with E-state index >= 15 is 0 Å². The predicted molar refractivity (Wildman–Crippen MR) is 158 cm³/mol. The van der Waals surface area contributed by atoms with Gasteiger partial charge in [0, 0.05) is 35.0 Å². The molecule has 0 amide bonds. The Labute approximate surface area is 216 Å². The van der Waals surface area contributed by atoms with Gasteiger partial charge in [0.25, 0.3) is 0 Å². The third-order valence-corrected chi connectivity index (χ3v) is 23.7. The molecule has 4 aliphatic rings. The first-order valence-electron chi connectivity index (χ1n) is 15.1. The van der Waals surface area contributed by atoms with Gasteiger partial charge in [0.2, 0.25) is 0 Å². The van der Waals surface area contributed by atoms with Crippen molar-refractivity contribution < 1.29 is 0 Å². The Bertz CT molecular complexity index is 545. The Balaban J connectivity index is 1.68. The molecule has 192 valence electrons. The first kappa shape index (κ1) is 27.3. The highest BCUT2D eigenvalue weighted by Gasteiger charge is 2.44. The van der Waals surface area contributed by atoms with Gasteiger partial charge in [0.15, 0.2) is 0 Å². The zero-order valence-corrected chi connectivity index (χ0v) is 24.9. The van der Waals surface area contributed by atoms with Crippen LogP contribution >= 0.6 is 12.4 Å². The van der Waals surface area contributed by atoms with E-state index in [9.17, 15) is 0 Å². The summed E-state index contributed by atoms with van der Waals surface area (Å²) in [6.07, 6.45) is 30.8. The van der Waals surface area contributed by atoms with Crippen molar-refractivity contribution in [3.8, 4) is 0 Å². The molecule has 5 heteroatoms. The van der Waals surface area contributed by atoms with Gasteiger partial charge in [-0.25, -0.2) is 0 Å². The SMILES string of the molecule is S=P(NP(=S)(C1CCCCCC1)C1CCCCCC1)(C1CCCCCC1)C1CCCCCC1. The van der Waals surface area contributed by atoms with E-state index in [4.69, 9.17) is 23.6 Å². The summed E-state index contributed by atoms with van der Waals surface area (Å²) in [6.45, 7) is 0. The standard InChI is InChI=1S/C28H53NP2S2/c32-30(25-17-9-1-2-10-18-25,26-19-11-3-4-12-20-26)29-31(33,27-21-13-5-6-14-22-27)28-23-15-7-8-16-24-28/h25-28H,1-24H2,(H,29,32,33). The van der Waals surface area contributed by atoms with E-state index in [1.807, 2.05) is 0 Å². The molecule has 0 radical (unpaired) electrons. The van der Waals surface area contributed by atoms with E-state index in [1.165, 1.54) is 154 Å². The molecule has 0 saturated heterocycles. The molecule has 0 aliphatic heterocycles. The first-order chi connectivity index (χ1) is 16.1. The molecule has 0 heterocycles. The van der Waals surface area contributed by atoms with Crippen LogP contribution in [0.1, 0.15) is 154 Å². The Kier molecular flexibility index (Phi) is 11.3. The average molecular weight is 530 g/mol. The number of hydrogen-bond acceptors (Lipinski definition) is 2. The Hall–Kier alpha value is 1.26. The molecule has 1 N–H and O–H groups in total. The second kappa shape index (κ2) is 13.7. The number of nitrogens with one attached hydrogen (secondary N) is 1. The van der Waals surface area contributed by atoms with Crippen molar-refractivity contribution in [1.82, 2.24) is 4.86 Å². The molecular formula is C28H53NP2S2. The van der Waals surface area contributed by atoms with Crippen LogP contribution in [0, 0.1) is 0 Å². The summed E-state index contributed by atoms with van der Waals surface area (Å²) in [5.41, 5.74) is 3.16. The molecule has 1 nitrogen and oxygen atoms in total. The van der Waals surface area contributed by atoms with Gasteiger partial charge >= 0.3 is 0 Å². The van der Waals surface area contributed by atoms with Gasteiger partial charge in [-0.3, -0.25) is 4.86 Å². The minimum Gasteiger partial charge on any atom is -0.258 e. The van der Waals surface area contributed by atoms with E-state index in [0.29, 0.717) is 0 Å². The van der Waals surface area contributed by atoms with Crippen LogP contribution in [0.2, 0.25) is 0 Å². The van der Waals surface area contributed by atoms with Crippen LogP contribution in [0.15, 0.2) is 0 Å². The van der Waals surface area contributed by atoms with Gasteiger partial charge in [-0.2, -0.15) is 0 Å². The van der Waals surface area contributed by atoms with Crippen LogP contribution in [-0.2, 0) is 23.6 Å². The normalized spacial score (nSPS) is 27.4. The fourth-order valence-electron chi connectivity index (χ4n) is 7.73. The summed E-state index contributed by atoms with van der Waals surface area (Å²) in [5.74, 6) is 0. The predicted octanol–water partition coefficient (Wildman–Crippen LogP) is 10.3. The summed E-state index contributed by atoms with van der Waals surface area (Å²) in [4.78, 5) is 4.65. The van der Waals surface area contributed by atoms with E-state index in [1.54, 1.807) is 0 Å². The van der Waals surface area contributed by atoms with E-state index in [2.05, 4.69) is 4.86 Å². The molecule has 4 aliphatic carbocycles. The van der Waals surface area contributed by atoms with Crippen molar-refractivity contribution in [3.63, 3.8) is 0 Å². The van der Waals surface area contributed by atoms with Gasteiger partial charge in [0.05, 0.1) is 0 Å². The van der Waals surface area contributed by atoms with Gasteiger partial charge in [-0.05, 0) is 51.4 Å². The lowest BCUT2D eigenvalue weighted by Gasteiger charge is -2.47. The maximum absolute atomic E-state index is 7.08. The molecule has 4 fully saturated rings. The first-order valence-corrected chi connectivity index (χ1v) is 21.0. The number of hydrogen-bond donors (Lipinski definition) is 1. The van der Waals surface area contributed by atoms with Crippen LogP contribution in [0.4, 0.5) is 0 Å². The van der Waals surface area contributed by atoms with E-state index < -0.39 is 12.4 Å². The molecule has 33 heavy (non-hydrogen) atoms. The lowest BCUT2D eigenvalue weighted by Crippen LogP contribution is -2.33. The van der Waals surface area contributed by atoms with Crippen LogP contribution in [0.5, 0.6) is 0 Å². The van der Waals surface area contributed by atoms with Gasteiger partial charge in [-0.1, -0.05) is 126 Å². The molecule has 4 saturated carbocycles. The molecule has 0 spiro atoms. The molecule has 0 aromatic rings. The number of rotatable bonds is 6. The molecule has 0 aromatic carbocycles. The molecule has 0 atom stereocenters. The Morgan fingerprint density at radius 3 is 0.697 bits per heavy atom. The largest absolute Gasteiger partial charge is 0.258 e. The van der Waals surface area contributed by atoms with Crippen LogP contribution < -0.4 is 4.86 Å². The van der Waals surface area contributed by atoms with Crippen molar-refractivity contribution in [3.05, 3.63) is 0 Å². The third kappa shape index (κ3) is 7.18. The summed E-state index contributed by atoms with van der Waals surface area (Å²) in [6, 6.07) is 0. The topological polar surface area (TPSA) is 12.0 Å². The zero-order valence-electron chi connectivity index (χ0n) is 21.5. The molecule has 0 unspecified atom stereocenters. The van der Waals surface area contributed by atoms with Gasteiger partial charge in [-0.15, -0.1) is 0 Å². The lowest BCUT2D eigenvalue weighted by atomic mass is 10.2. The fraction of sp³-hybridized carbons (Fsp3) is 1.00. The maximum atomic E-state index is 7.08. The van der Waals surface area contributed by atoms with Crippen molar-refractivity contribution in [2.45, 2.75) is 177 Å². The molecule has 4 rings (SSSR count). The van der Waals surface area contributed by atoms with Crippen molar-refractivity contribution in [2.75, 3.05) is 0 Å². The summed E-state index contributed by atoms with van der Waals surface area (Å²) < 4.78 is 0. The molecule has 0 bridgehead atoms. The molecule has 0 aromatic heterocycles. The van der Waals surface area contributed by atoms with E-state index in [-0.39, 0.29) is 0 Å². The van der Waals surface area contributed by atoms with Crippen LogP contribution in [0.3, 0.4) is 0 Å². The van der Waals surface area contributed by atoms with Crippen molar-refractivity contribution in [1.29, 1.82) is 0 Å².